The summed E-state index contributed by atoms with van der Waals surface area (Å²) < 4.78 is 5.27. The molecule has 106 valence electrons. The fraction of sp³-hybridized carbons (Fsp3) is 0.562. The van der Waals surface area contributed by atoms with Gasteiger partial charge in [-0.3, -0.25) is 4.79 Å². The van der Waals surface area contributed by atoms with Crippen LogP contribution in [0.1, 0.15) is 51.3 Å². The zero-order valence-corrected chi connectivity index (χ0v) is 12.6. The second-order valence-electron chi connectivity index (χ2n) is 5.87. The van der Waals surface area contributed by atoms with Crippen LogP contribution in [0.25, 0.3) is 0 Å². The number of carbonyl (C=O) groups is 1. The summed E-state index contributed by atoms with van der Waals surface area (Å²) in [6.07, 6.45) is 0.396. The van der Waals surface area contributed by atoms with Gasteiger partial charge in [-0.15, -0.1) is 0 Å². The Hall–Kier alpha value is -1.35. The molecule has 0 aliphatic carbocycles. The van der Waals surface area contributed by atoms with Gasteiger partial charge in [0.15, 0.2) is 0 Å². The molecule has 0 aliphatic heterocycles. The Balaban J connectivity index is 2.38. The topological polar surface area (TPSA) is 38.3 Å². The van der Waals surface area contributed by atoms with E-state index in [1.165, 1.54) is 11.1 Å². The summed E-state index contributed by atoms with van der Waals surface area (Å²) in [6.45, 7) is 10.5. The van der Waals surface area contributed by atoms with Crippen molar-refractivity contribution in [2.24, 2.45) is 0 Å². The summed E-state index contributed by atoms with van der Waals surface area (Å²) in [5.41, 5.74) is 2.13. The first-order valence-electron chi connectivity index (χ1n) is 6.80. The Bertz CT molecular complexity index is 421. The zero-order chi connectivity index (χ0) is 14.5. The minimum atomic E-state index is -0.404. The Morgan fingerprint density at radius 1 is 1.32 bits per heavy atom. The van der Waals surface area contributed by atoms with Crippen LogP contribution in [0.5, 0.6) is 0 Å². The first kappa shape index (κ1) is 15.7. The Labute approximate surface area is 116 Å². The summed E-state index contributed by atoms with van der Waals surface area (Å²) in [6, 6.07) is 8.52. The number of aryl methyl sites for hydroxylation is 1. The van der Waals surface area contributed by atoms with Crippen molar-refractivity contribution in [3.8, 4) is 0 Å². The molecule has 0 bridgehead atoms. The van der Waals surface area contributed by atoms with Crippen LogP contribution in [0.2, 0.25) is 0 Å². The molecule has 0 fully saturated rings. The van der Waals surface area contributed by atoms with Gasteiger partial charge in [-0.25, -0.2) is 0 Å². The fourth-order valence-electron chi connectivity index (χ4n) is 1.97. The van der Waals surface area contributed by atoms with Crippen LogP contribution in [-0.2, 0) is 9.53 Å². The lowest BCUT2D eigenvalue weighted by Gasteiger charge is -2.20. The SMILES string of the molecule is Cc1ccccc1[C@@H](C)NCCC(=O)OC(C)(C)C. The van der Waals surface area contributed by atoms with Crippen LogP contribution in [0, 0.1) is 6.92 Å². The number of nitrogens with one attached hydrogen (secondary N) is 1. The van der Waals surface area contributed by atoms with Crippen molar-refractivity contribution in [3.63, 3.8) is 0 Å². The second kappa shape index (κ2) is 6.71. The molecular weight excluding hydrogens is 238 g/mol. The molecule has 1 aromatic rings. The second-order valence-corrected chi connectivity index (χ2v) is 5.87. The third-order valence-corrected chi connectivity index (χ3v) is 2.85. The van der Waals surface area contributed by atoms with Crippen molar-refractivity contribution in [2.75, 3.05) is 6.54 Å². The average molecular weight is 263 g/mol. The molecule has 0 aliphatic rings. The highest BCUT2D eigenvalue weighted by molar-refractivity contribution is 5.70. The number of esters is 1. The van der Waals surface area contributed by atoms with Crippen LogP contribution in [0.15, 0.2) is 24.3 Å². The maximum atomic E-state index is 11.6. The van der Waals surface area contributed by atoms with Gasteiger partial charge in [0.05, 0.1) is 6.42 Å². The lowest BCUT2D eigenvalue weighted by Crippen LogP contribution is -2.28. The molecule has 0 saturated heterocycles. The van der Waals surface area contributed by atoms with E-state index in [-0.39, 0.29) is 12.0 Å². The van der Waals surface area contributed by atoms with Crippen LogP contribution in [0.3, 0.4) is 0 Å². The van der Waals surface area contributed by atoms with Crippen molar-refractivity contribution >= 4 is 5.97 Å². The number of ether oxygens (including phenoxy) is 1. The largest absolute Gasteiger partial charge is 0.460 e. The molecular formula is C16H25NO2. The molecule has 0 amide bonds. The lowest BCUT2D eigenvalue weighted by atomic mass is 10.0. The van der Waals surface area contributed by atoms with Gasteiger partial charge in [0.1, 0.15) is 5.60 Å². The van der Waals surface area contributed by atoms with Gasteiger partial charge in [-0.05, 0) is 45.7 Å². The van der Waals surface area contributed by atoms with Crippen LogP contribution >= 0.6 is 0 Å². The van der Waals surface area contributed by atoms with Gasteiger partial charge in [0.25, 0.3) is 0 Å². The highest BCUT2D eigenvalue weighted by atomic mass is 16.6. The molecule has 0 spiro atoms. The van der Waals surface area contributed by atoms with Crippen molar-refractivity contribution in [1.82, 2.24) is 5.32 Å². The van der Waals surface area contributed by atoms with Gasteiger partial charge in [0, 0.05) is 12.6 Å². The van der Waals surface area contributed by atoms with E-state index in [1.807, 2.05) is 32.9 Å². The molecule has 0 saturated carbocycles. The number of carbonyl (C=O) groups excluding carboxylic acids is 1. The van der Waals surface area contributed by atoms with Gasteiger partial charge in [-0.2, -0.15) is 0 Å². The van der Waals surface area contributed by atoms with E-state index in [0.717, 1.165) is 0 Å². The predicted molar refractivity (Wildman–Crippen MR) is 78.1 cm³/mol. The van der Waals surface area contributed by atoms with E-state index in [4.69, 9.17) is 4.74 Å². The monoisotopic (exact) mass is 263 g/mol. The Morgan fingerprint density at radius 3 is 2.53 bits per heavy atom. The summed E-state index contributed by atoms with van der Waals surface area (Å²) >= 11 is 0. The summed E-state index contributed by atoms with van der Waals surface area (Å²) in [7, 11) is 0. The normalized spacial score (nSPS) is 13.1. The molecule has 0 radical (unpaired) electrons. The van der Waals surface area contributed by atoms with E-state index in [1.54, 1.807) is 0 Å². The van der Waals surface area contributed by atoms with E-state index in [0.29, 0.717) is 13.0 Å². The van der Waals surface area contributed by atoms with Crippen molar-refractivity contribution in [3.05, 3.63) is 35.4 Å². The zero-order valence-electron chi connectivity index (χ0n) is 12.6. The van der Waals surface area contributed by atoms with E-state index in [2.05, 4.69) is 31.3 Å². The minimum absolute atomic E-state index is 0.156. The number of hydrogen-bond donors (Lipinski definition) is 1. The number of benzene rings is 1. The van der Waals surface area contributed by atoms with E-state index < -0.39 is 5.60 Å². The molecule has 1 atom stereocenters. The Kier molecular flexibility index (Phi) is 5.55. The predicted octanol–water partition coefficient (Wildman–Crippen LogP) is 3.38. The molecule has 3 heteroatoms. The molecule has 0 heterocycles. The van der Waals surface area contributed by atoms with Crippen LogP contribution in [0.4, 0.5) is 0 Å². The number of rotatable bonds is 5. The number of hydrogen-bond acceptors (Lipinski definition) is 3. The minimum Gasteiger partial charge on any atom is -0.460 e. The molecule has 0 aromatic heterocycles. The Morgan fingerprint density at radius 2 is 1.95 bits per heavy atom. The molecule has 3 nitrogen and oxygen atoms in total. The highest BCUT2D eigenvalue weighted by Crippen LogP contribution is 2.16. The van der Waals surface area contributed by atoms with Crippen LogP contribution in [-0.4, -0.2) is 18.1 Å². The first-order chi connectivity index (χ1) is 8.79. The van der Waals surface area contributed by atoms with Crippen LogP contribution < -0.4 is 5.32 Å². The summed E-state index contributed by atoms with van der Waals surface area (Å²) in [5, 5.41) is 3.36. The van der Waals surface area contributed by atoms with E-state index in [9.17, 15) is 4.79 Å². The van der Waals surface area contributed by atoms with Crippen molar-refractivity contribution in [2.45, 2.75) is 52.7 Å². The van der Waals surface area contributed by atoms with Gasteiger partial charge < -0.3 is 10.1 Å². The smallest absolute Gasteiger partial charge is 0.307 e. The first-order valence-corrected chi connectivity index (χ1v) is 6.80. The van der Waals surface area contributed by atoms with Gasteiger partial charge in [0.2, 0.25) is 0 Å². The summed E-state index contributed by atoms with van der Waals surface area (Å²) in [4.78, 5) is 11.6. The molecule has 0 unspecified atom stereocenters. The highest BCUT2D eigenvalue weighted by Gasteiger charge is 2.16. The quantitative estimate of drug-likeness (QED) is 0.828. The molecule has 1 N–H and O–H groups in total. The standard InChI is InChI=1S/C16H25NO2/c1-12-8-6-7-9-14(12)13(2)17-11-10-15(18)19-16(3,4)5/h6-9,13,17H,10-11H2,1-5H3/t13-/m1/s1. The van der Waals surface area contributed by atoms with Gasteiger partial charge >= 0.3 is 5.97 Å². The fourth-order valence-corrected chi connectivity index (χ4v) is 1.97. The third kappa shape index (κ3) is 5.88. The van der Waals surface area contributed by atoms with Crippen molar-refractivity contribution in [1.29, 1.82) is 0 Å². The average Bonchev–Trinajstić information content (AvgIpc) is 2.26. The third-order valence-electron chi connectivity index (χ3n) is 2.85. The van der Waals surface area contributed by atoms with Gasteiger partial charge in [-0.1, -0.05) is 24.3 Å². The summed E-state index contributed by atoms with van der Waals surface area (Å²) in [5.74, 6) is -0.156. The molecule has 1 rings (SSSR count). The lowest BCUT2D eigenvalue weighted by molar-refractivity contribution is -0.154. The molecule has 1 aromatic carbocycles. The van der Waals surface area contributed by atoms with Crippen molar-refractivity contribution < 1.29 is 9.53 Å². The maximum Gasteiger partial charge on any atom is 0.307 e. The van der Waals surface area contributed by atoms with E-state index >= 15 is 0 Å². The molecule has 19 heavy (non-hydrogen) atoms. The maximum absolute atomic E-state index is 11.6.